The number of benzene rings is 9. The topological polar surface area (TPSA) is 53.1 Å². The van der Waals surface area contributed by atoms with E-state index in [0.29, 0.717) is 5.84 Å². The van der Waals surface area contributed by atoms with E-state index in [9.17, 15) is 0 Å². The number of hydrogen-bond acceptors (Lipinski definition) is 5. The van der Waals surface area contributed by atoms with Gasteiger partial charge in [0.2, 0.25) is 0 Å². The highest BCUT2D eigenvalue weighted by molar-refractivity contribution is 6.23. The number of hydrogen-bond donors (Lipinski definition) is 1. The van der Waals surface area contributed by atoms with Gasteiger partial charge in [-0.15, -0.1) is 0 Å². The Labute approximate surface area is 348 Å². The highest BCUT2D eigenvalue weighted by Crippen LogP contribution is 2.45. The molecule has 11 rings (SSSR count). The molecule has 9 aromatic carbocycles. The molecular weight excluding hydrogens is 733 g/mol. The van der Waals surface area contributed by atoms with Crippen molar-refractivity contribution in [2.75, 3.05) is 4.90 Å². The first kappa shape index (κ1) is 35.2. The molecule has 1 aromatic heterocycles. The molecule has 1 aliphatic heterocycles. The lowest BCUT2D eigenvalue weighted by Crippen LogP contribution is -2.33. The second-order valence-electron chi connectivity index (χ2n) is 15.0. The molecule has 0 radical (unpaired) electrons. The van der Waals surface area contributed by atoms with Gasteiger partial charge in [-0.05, 0) is 69.6 Å². The average molecular weight is 771 g/mol. The van der Waals surface area contributed by atoms with Crippen molar-refractivity contribution in [3.05, 3.63) is 235 Å². The van der Waals surface area contributed by atoms with Crippen molar-refractivity contribution in [2.24, 2.45) is 9.98 Å². The summed E-state index contributed by atoms with van der Waals surface area (Å²) < 4.78 is 6.89. The number of furan rings is 1. The fourth-order valence-electron chi connectivity index (χ4n) is 8.37. The monoisotopic (exact) mass is 770 g/mol. The first-order valence-electron chi connectivity index (χ1n) is 20.3. The molecule has 5 nitrogen and oxygen atoms in total. The molecule has 1 atom stereocenters. The summed E-state index contributed by atoms with van der Waals surface area (Å²) >= 11 is 0. The number of aliphatic imine (C=N–C) groups is 2. The number of amidine groups is 2. The minimum atomic E-state index is -0.290. The second kappa shape index (κ2) is 15.1. The van der Waals surface area contributed by atoms with E-state index in [0.717, 1.165) is 72.3 Å². The predicted molar refractivity (Wildman–Crippen MR) is 249 cm³/mol. The molecule has 1 aliphatic rings. The summed E-state index contributed by atoms with van der Waals surface area (Å²) in [5.41, 5.74) is 12.4. The lowest BCUT2D eigenvalue weighted by molar-refractivity contribution is 0.666. The molecule has 1 N–H and O–H groups in total. The molecule has 0 fully saturated rings. The Balaban J connectivity index is 1.05. The van der Waals surface area contributed by atoms with E-state index >= 15 is 0 Å². The van der Waals surface area contributed by atoms with Crippen molar-refractivity contribution in [1.29, 1.82) is 0 Å². The molecule has 0 bridgehead atoms. The van der Waals surface area contributed by atoms with Crippen molar-refractivity contribution in [3.8, 4) is 22.3 Å². The van der Waals surface area contributed by atoms with Crippen LogP contribution in [0.2, 0.25) is 0 Å². The SMILES string of the molecule is c1ccc(C2=NC(c3ccccc3)NC(c3ccc4c(c3)oc3cc(N(c5ccc(-c6ccccc6)cc5)c5ccc(-c6ccccc6)cc5)c5ccccc5c34)=N2)cc1. The van der Waals surface area contributed by atoms with Gasteiger partial charge in [0.25, 0.3) is 0 Å². The standard InChI is InChI=1S/C55H38N4O/c1-5-15-37(16-6-1)39-25-30-44(31-26-39)59(45-32-27-40(28-33-45)38-17-7-2-8-18-38)49-36-51-52(47-24-14-13-23-46(47)49)48-34-29-43(35-50(48)60-51)55-57-53(41-19-9-3-10-20-41)56-54(58-55)42-21-11-4-12-22-42/h1-36,53H,(H,56,57,58). The van der Waals surface area contributed by atoms with Crippen LogP contribution in [0.15, 0.2) is 233 Å². The Morgan fingerprint density at radius 3 is 1.52 bits per heavy atom. The molecule has 0 saturated carbocycles. The van der Waals surface area contributed by atoms with Gasteiger partial charge < -0.3 is 14.6 Å². The van der Waals surface area contributed by atoms with Crippen molar-refractivity contribution in [1.82, 2.24) is 5.32 Å². The van der Waals surface area contributed by atoms with Crippen LogP contribution in [0, 0.1) is 0 Å². The summed E-state index contributed by atoms with van der Waals surface area (Å²) in [4.78, 5) is 12.5. The second-order valence-corrected chi connectivity index (χ2v) is 15.0. The third-order valence-electron chi connectivity index (χ3n) is 11.3. The largest absolute Gasteiger partial charge is 0.456 e. The maximum absolute atomic E-state index is 6.89. The molecule has 284 valence electrons. The first-order valence-corrected chi connectivity index (χ1v) is 20.3. The third-order valence-corrected chi connectivity index (χ3v) is 11.3. The summed E-state index contributed by atoms with van der Waals surface area (Å²) in [6.07, 6.45) is -0.290. The van der Waals surface area contributed by atoms with Crippen LogP contribution in [0.3, 0.4) is 0 Å². The zero-order valence-electron chi connectivity index (χ0n) is 32.6. The number of fused-ring (bicyclic) bond motifs is 5. The normalized spacial score (nSPS) is 13.8. The van der Waals surface area contributed by atoms with E-state index in [2.05, 4.69) is 192 Å². The zero-order valence-corrected chi connectivity index (χ0v) is 32.6. The molecule has 10 aromatic rings. The molecule has 0 aliphatic carbocycles. The molecule has 60 heavy (non-hydrogen) atoms. The van der Waals surface area contributed by atoms with Gasteiger partial charge in [0.15, 0.2) is 5.84 Å². The number of anilines is 3. The molecule has 1 unspecified atom stereocenters. The maximum Gasteiger partial charge on any atom is 0.159 e. The van der Waals surface area contributed by atoms with Gasteiger partial charge >= 0.3 is 0 Å². The summed E-state index contributed by atoms with van der Waals surface area (Å²) in [6, 6.07) is 76.4. The molecule has 0 spiro atoms. The minimum Gasteiger partial charge on any atom is -0.456 e. The fraction of sp³-hybridized carbons (Fsp3) is 0.0182. The van der Waals surface area contributed by atoms with Gasteiger partial charge in [-0.1, -0.05) is 176 Å². The Morgan fingerprint density at radius 1 is 0.417 bits per heavy atom. The van der Waals surface area contributed by atoms with Gasteiger partial charge in [-0.2, -0.15) is 0 Å². The van der Waals surface area contributed by atoms with Gasteiger partial charge in [0.1, 0.15) is 23.2 Å². The van der Waals surface area contributed by atoms with Crippen LogP contribution in [0.1, 0.15) is 22.9 Å². The molecule has 2 heterocycles. The van der Waals surface area contributed by atoms with E-state index < -0.39 is 0 Å². The van der Waals surface area contributed by atoms with Crippen molar-refractivity contribution >= 4 is 61.4 Å². The highest BCUT2D eigenvalue weighted by Gasteiger charge is 2.24. The van der Waals surface area contributed by atoms with Crippen LogP contribution < -0.4 is 10.2 Å². The summed E-state index contributed by atoms with van der Waals surface area (Å²) in [6.45, 7) is 0. The van der Waals surface area contributed by atoms with Crippen molar-refractivity contribution in [3.63, 3.8) is 0 Å². The Morgan fingerprint density at radius 2 is 0.917 bits per heavy atom. The smallest absolute Gasteiger partial charge is 0.159 e. The van der Waals surface area contributed by atoms with E-state index in [4.69, 9.17) is 14.4 Å². The van der Waals surface area contributed by atoms with Crippen LogP contribution in [-0.2, 0) is 0 Å². The summed E-state index contributed by atoms with van der Waals surface area (Å²) in [7, 11) is 0. The predicted octanol–water partition coefficient (Wildman–Crippen LogP) is 14.0. The van der Waals surface area contributed by atoms with Gasteiger partial charge in [0.05, 0.1) is 5.69 Å². The van der Waals surface area contributed by atoms with Gasteiger partial charge in [-0.25, -0.2) is 9.98 Å². The lowest BCUT2D eigenvalue weighted by Gasteiger charge is -2.27. The number of rotatable bonds is 8. The lowest BCUT2D eigenvalue weighted by atomic mass is 9.99. The Bertz CT molecular complexity index is 3110. The van der Waals surface area contributed by atoms with E-state index in [1.165, 1.54) is 22.3 Å². The fourth-order valence-corrected chi connectivity index (χ4v) is 8.37. The minimum absolute atomic E-state index is 0.290. The molecule has 5 heteroatoms. The van der Waals surface area contributed by atoms with Gasteiger partial charge in [0, 0.05) is 44.7 Å². The summed E-state index contributed by atoms with van der Waals surface area (Å²) in [5.74, 6) is 1.43. The first-order chi connectivity index (χ1) is 29.7. The van der Waals surface area contributed by atoms with Crippen LogP contribution in [0.5, 0.6) is 0 Å². The highest BCUT2D eigenvalue weighted by atomic mass is 16.3. The molecular formula is C55H38N4O. The van der Waals surface area contributed by atoms with Crippen LogP contribution in [0.4, 0.5) is 17.1 Å². The van der Waals surface area contributed by atoms with Crippen LogP contribution >= 0.6 is 0 Å². The summed E-state index contributed by atoms with van der Waals surface area (Å²) in [5, 5.41) is 8.01. The number of nitrogens with zero attached hydrogens (tertiary/aromatic N) is 3. The van der Waals surface area contributed by atoms with Crippen LogP contribution in [-0.4, -0.2) is 11.7 Å². The Kier molecular flexibility index (Phi) is 8.82. The van der Waals surface area contributed by atoms with E-state index in [-0.39, 0.29) is 6.17 Å². The zero-order chi connectivity index (χ0) is 39.8. The third kappa shape index (κ3) is 6.48. The number of nitrogens with one attached hydrogen (secondary N) is 1. The maximum atomic E-state index is 6.89. The molecule has 0 amide bonds. The van der Waals surface area contributed by atoms with Gasteiger partial charge in [-0.3, -0.25) is 0 Å². The van der Waals surface area contributed by atoms with E-state index in [1.54, 1.807) is 0 Å². The quantitative estimate of drug-likeness (QED) is 0.167. The molecule has 0 saturated heterocycles. The van der Waals surface area contributed by atoms with Crippen LogP contribution in [0.25, 0.3) is 55.0 Å². The van der Waals surface area contributed by atoms with Crippen molar-refractivity contribution < 1.29 is 4.42 Å². The van der Waals surface area contributed by atoms with E-state index in [1.807, 2.05) is 36.4 Å². The Hall–Kier alpha value is -8.02. The van der Waals surface area contributed by atoms with Crippen molar-refractivity contribution in [2.45, 2.75) is 6.17 Å². The average Bonchev–Trinajstić information content (AvgIpc) is 3.71.